The van der Waals surface area contributed by atoms with Crippen LogP contribution in [0.5, 0.6) is 5.88 Å². The van der Waals surface area contributed by atoms with Gasteiger partial charge in [-0.15, -0.1) is 0 Å². The van der Waals surface area contributed by atoms with Crippen molar-refractivity contribution in [1.82, 2.24) is 20.1 Å². The second-order valence-electron chi connectivity index (χ2n) is 4.52. The lowest BCUT2D eigenvalue weighted by molar-refractivity contribution is 0.234. The molecule has 0 aromatic carbocycles. The molecule has 20 heavy (non-hydrogen) atoms. The first-order valence-corrected chi connectivity index (χ1v) is 6.36. The first-order valence-electron chi connectivity index (χ1n) is 6.36. The van der Waals surface area contributed by atoms with E-state index < -0.39 is 0 Å². The molecule has 0 aliphatic heterocycles. The molecule has 0 aliphatic carbocycles. The summed E-state index contributed by atoms with van der Waals surface area (Å²) in [5.74, 6) is 2.11. The van der Waals surface area contributed by atoms with E-state index in [9.17, 15) is 0 Å². The van der Waals surface area contributed by atoms with Crippen molar-refractivity contribution in [3.8, 4) is 5.88 Å². The molecule has 0 spiro atoms. The number of nitrogen functional groups attached to an aromatic ring is 1. The second kappa shape index (κ2) is 6.18. The molecule has 0 saturated heterocycles. The fourth-order valence-electron chi connectivity index (χ4n) is 1.57. The number of hydrogen-bond acceptors (Lipinski definition) is 8. The van der Waals surface area contributed by atoms with Crippen LogP contribution in [0.3, 0.4) is 0 Å². The molecule has 8 heteroatoms. The van der Waals surface area contributed by atoms with E-state index in [-0.39, 0.29) is 6.10 Å². The number of rotatable bonds is 6. The molecular weight excluding hydrogens is 260 g/mol. The van der Waals surface area contributed by atoms with Crippen molar-refractivity contribution in [2.24, 2.45) is 0 Å². The molecule has 2 rings (SSSR count). The maximum Gasteiger partial charge on any atom is 0.242 e. The van der Waals surface area contributed by atoms with Gasteiger partial charge in [0.1, 0.15) is 12.0 Å². The van der Waals surface area contributed by atoms with Crippen molar-refractivity contribution < 1.29 is 9.26 Å². The van der Waals surface area contributed by atoms with E-state index in [1.54, 1.807) is 6.92 Å². The Balaban J connectivity index is 1.95. The van der Waals surface area contributed by atoms with Gasteiger partial charge in [0.2, 0.25) is 11.8 Å². The maximum atomic E-state index is 5.95. The number of hydrogen-bond donors (Lipinski definition) is 2. The molecule has 0 aliphatic rings. The van der Waals surface area contributed by atoms with E-state index in [1.807, 2.05) is 13.8 Å². The highest BCUT2D eigenvalue weighted by Crippen LogP contribution is 2.25. The van der Waals surface area contributed by atoms with Crippen molar-refractivity contribution in [3.05, 3.63) is 18.0 Å². The van der Waals surface area contributed by atoms with Crippen LogP contribution in [-0.2, 0) is 6.42 Å². The quantitative estimate of drug-likeness (QED) is 0.810. The molecule has 108 valence electrons. The lowest BCUT2D eigenvalue weighted by Gasteiger charge is -2.13. The Morgan fingerprint density at radius 1 is 1.40 bits per heavy atom. The van der Waals surface area contributed by atoms with E-state index in [1.165, 1.54) is 6.33 Å². The highest BCUT2D eigenvalue weighted by atomic mass is 16.5. The number of nitrogens with one attached hydrogen (secondary N) is 1. The van der Waals surface area contributed by atoms with Crippen LogP contribution in [0.15, 0.2) is 10.9 Å². The van der Waals surface area contributed by atoms with Crippen molar-refractivity contribution in [1.29, 1.82) is 0 Å². The molecule has 0 fully saturated rings. The molecule has 8 nitrogen and oxygen atoms in total. The van der Waals surface area contributed by atoms with Gasteiger partial charge in [-0.05, 0) is 20.8 Å². The van der Waals surface area contributed by atoms with Crippen molar-refractivity contribution in [2.75, 3.05) is 17.6 Å². The summed E-state index contributed by atoms with van der Waals surface area (Å²) in [7, 11) is 0. The summed E-state index contributed by atoms with van der Waals surface area (Å²) in [5, 5.41) is 6.82. The Kier molecular flexibility index (Phi) is 4.34. The first-order chi connectivity index (χ1) is 9.56. The van der Waals surface area contributed by atoms with Crippen LogP contribution in [0.1, 0.15) is 25.6 Å². The highest BCUT2D eigenvalue weighted by molar-refractivity contribution is 5.66. The van der Waals surface area contributed by atoms with Crippen LogP contribution < -0.4 is 15.8 Å². The largest absolute Gasteiger partial charge is 0.473 e. The number of anilines is 2. The van der Waals surface area contributed by atoms with Crippen LogP contribution >= 0.6 is 0 Å². The maximum absolute atomic E-state index is 5.95. The lowest BCUT2D eigenvalue weighted by Crippen LogP contribution is -2.13. The molecule has 0 bridgehead atoms. The van der Waals surface area contributed by atoms with Crippen molar-refractivity contribution in [3.63, 3.8) is 0 Å². The van der Waals surface area contributed by atoms with Crippen LogP contribution in [0, 0.1) is 6.92 Å². The minimum absolute atomic E-state index is 0.00131. The minimum Gasteiger partial charge on any atom is -0.473 e. The summed E-state index contributed by atoms with van der Waals surface area (Å²) in [5.41, 5.74) is 6.34. The molecule has 0 saturated carbocycles. The Bertz CT molecular complexity index is 569. The standard InChI is InChI=1S/C12H18N6O2/c1-7(2)19-12-10(13)11(15-6-16-12)14-5-4-9-17-8(3)18-20-9/h6-7H,4-5,13H2,1-3H3,(H,14,15,16). The zero-order chi connectivity index (χ0) is 14.5. The zero-order valence-electron chi connectivity index (χ0n) is 11.8. The lowest BCUT2D eigenvalue weighted by atomic mass is 10.4. The third-order valence-electron chi connectivity index (χ3n) is 2.40. The van der Waals surface area contributed by atoms with Gasteiger partial charge in [-0.1, -0.05) is 5.16 Å². The summed E-state index contributed by atoms with van der Waals surface area (Å²) in [4.78, 5) is 12.2. The predicted molar refractivity (Wildman–Crippen MR) is 73.4 cm³/mol. The number of aryl methyl sites for hydroxylation is 1. The topological polar surface area (TPSA) is 112 Å². The van der Waals surface area contributed by atoms with Gasteiger partial charge in [0.05, 0.1) is 6.10 Å². The van der Waals surface area contributed by atoms with E-state index in [4.69, 9.17) is 15.0 Å². The third kappa shape index (κ3) is 3.56. The van der Waals surface area contributed by atoms with Gasteiger partial charge in [-0.25, -0.2) is 4.98 Å². The van der Waals surface area contributed by atoms with Gasteiger partial charge in [-0.3, -0.25) is 0 Å². The van der Waals surface area contributed by atoms with Gasteiger partial charge in [0, 0.05) is 13.0 Å². The second-order valence-corrected chi connectivity index (χ2v) is 4.52. The number of nitrogens with zero attached hydrogens (tertiary/aromatic N) is 4. The fourth-order valence-corrected chi connectivity index (χ4v) is 1.57. The van der Waals surface area contributed by atoms with Gasteiger partial charge >= 0.3 is 0 Å². The van der Waals surface area contributed by atoms with Gasteiger partial charge in [-0.2, -0.15) is 9.97 Å². The van der Waals surface area contributed by atoms with Crippen LogP contribution in [0.4, 0.5) is 11.5 Å². The van der Waals surface area contributed by atoms with Gasteiger partial charge < -0.3 is 20.3 Å². The summed E-state index contributed by atoms with van der Waals surface area (Å²) in [6.07, 6.45) is 2.00. The summed E-state index contributed by atoms with van der Waals surface area (Å²) >= 11 is 0. The molecule has 0 unspecified atom stereocenters. The summed E-state index contributed by atoms with van der Waals surface area (Å²) < 4.78 is 10.5. The van der Waals surface area contributed by atoms with Gasteiger partial charge in [0.25, 0.3) is 0 Å². The molecule has 0 radical (unpaired) electrons. The van der Waals surface area contributed by atoms with Crippen molar-refractivity contribution in [2.45, 2.75) is 33.3 Å². The van der Waals surface area contributed by atoms with Crippen LogP contribution in [0.2, 0.25) is 0 Å². The molecule has 2 heterocycles. The molecule has 2 aromatic heterocycles. The van der Waals surface area contributed by atoms with Gasteiger partial charge in [0.15, 0.2) is 11.6 Å². The van der Waals surface area contributed by atoms with E-state index in [0.29, 0.717) is 42.1 Å². The molecule has 2 aromatic rings. The first kappa shape index (κ1) is 14.0. The van der Waals surface area contributed by atoms with E-state index in [2.05, 4.69) is 25.4 Å². The smallest absolute Gasteiger partial charge is 0.242 e. The molecular formula is C12H18N6O2. The monoisotopic (exact) mass is 278 g/mol. The Hall–Kier alpha value is -2.38. The van der Waals surface area contributed by atoms with Crippen LogP contribution in [0.25, 0.3) is 0 Å². The normalized spacial score (nSPS) is 10.8. The number of aromatic nitrogens is 4. The average Bonchev–Trinajstić information content (AvgIpc) is 2.79. The highest BCUT2D eigenvalue weighted by Gasteiger charge is 2.10. The average molecular weight is 278 g/mol. The van der Waals surface area contributed by atoms with E-state index in [0.717, 1.165) is 0 Å². The molecule has 0 atom stereocenters. The number of ether oxygens (including phenoxy) is 1. The zero-order valence-corrected chi connectivity index (χ0v) is 11.8. The fraction of sp³-hybridized carbons (Fsp3) is 0.500. The minimum atomic E-state index is 0.00131. The summed E-state index contributed by atoms with van der Waals surface area (Å²) in [6.45, 7) is 6.17. The number of nitrogens with two attached hydrogens (primary N) is 1. The van der Waals surface area contributed by atoms with Crippen molar-refractivity contribution >= 4 is 11.5 Å². The Labute approximate surface area is 116 Å². The summed E-state index contributed by atoms with van der Waals surface area (Å²) in [6, 6.07) is 0. The third-order valence-corrected chi connectivity index (χ3v) is 2.40. The molecule has 0 amide bonds. The molecule has 3 N–H and O–H groups in total. The predicted octanol–water partition coefficient (Wildman–Crippen LogP) is 1.19. The van der Waals surface area contributed by atoms with Crippen LogP contribution in [-0.4, -0.2) is 32.8 Å². The Morgan fingerprint density at radius 2 is 2.20 bits per heavy atom. The Morgan fingerprint density at radius 3 is 2.85 bits per heavy atom. The SMILES string of the molecule is Cc1noc(CCNc2ncnc(OC(C)C)c2N)n1. The van der Waals surface area contributed by atoms with E-state index >= 15 is 0 Å².